The zero-order valence-electron chi connectivity index (χ0n) is 18.9. The molecule has 1 aliphatic carbocycles. The lowest BCUT2D eigenvalue weighted by Crippen LogP contribution is -2.38. The van der Waals surface area contributed by atoms with Crippen LogP contribution < -0.4 is 5.56 Å². The van der Waals surface area contributed by atoms with Crippen molar-refractivity contribution in [3.63, 3.8) is 0 Å². The fourth-order valence-electron chi connectivity index (χ4n) is 4.83. The third-order valence-corrected chi connectivity index (χ3v) is 8.83. The highest BCUT2D eigenvalue weighted by Gasteiger charge is 2.30. The fourth-order valence-corrected chi connectivity index (χ4v) is 6.62. The van der Waals surface area contributed by atoms with Crippen LogP contribution in [0.3, 0.4) is 0 Å². The van der Waals surface area contributed by atoms with Gasteiger partial charge in [-0.15, -0.1) is 0 Å². The van der Waals surface area contributed by atoms with Crippen LogP contribution in [-0.2, 0) is 35.8 Å². The van der Waals surface area contributed by atoms with Crippen molar-refractivity contribution in [1.29, 1.82) is 0 Å². The molecule has 7 heteroatoms. The molecule has 31 heavy (non-hydrogen) atoms. The lowest BCUT2D eigenvalue weighted by molar-refractivity contribution is 0.288. The van der Waals surface area contributed by atoms with Crippen LogP contribution in [0.1, 0.15) is 63.1 Å². The Morgan fingerprint density at radius 2 is 1.74 bits per heavy atom. The number of aromatic nitrogens is 2. The van der Waals surface area contributed by atoms with Gasteiger partial charge in [0.15, 0.2) is 0 Å². The Bertz CT molecular complexity index is 1130. The summed E-state index contributed by atoms with van der Waals surface area (Å²) < 4.78 is 30.3. The normalized spacial score (nSPS) is 18.2. The highest BCUT2D eigenvalue weighted by molar-refractivity contribution is 7.89. The lowest BCUT2D eigenvalue weighted by atomic mass is 9.89. The van der Waals surface area contributed by atoms with E-state index in [1.807, 2.05) is 26.0 Å². The maximum absolute atomic E-state index is 13.6. The molecule has 0 radical (unpaired) electrons. The van der Waals surface area contributed by atoms with Gasteiger partial charge in [0.25, 0.3) is 5.56 Å². The van der Waals surface area contributed by atoms with E-state index in [2.05, 4.69) is 12.0 Å². The van der Waals surface area contributed by atoms with Gasteiger partial charge in [-0.2, -0.15) is 9.40 Å². The van der Waals surface area contributed by atoms with Gasteiger partial charge in [0.2, 0.25) is 10.0 Å². The molecule has 2 aliphatic rings. The van der Waals surface area contributed by atoms with Crippen molar-refractivity contribution in [2.75, 3.05) is 13.1 Å². The first kappa shape index (κ1) is 22.2. The second-order valence-electron chi connectivity index (χ2n) is 8.90. The molecule has 0 atom stereocenters. The molecule has 1 aromatic carbocycles. The number of rotatable bonds is 5. The van der Waals surface area contributed by atoms with E-state index in [4.69, 9.17) is 0 Å². The van der Waals surface area contributed by atoms with E-state index in [0.717, 1.165) is 66.5 Å². The average Bonchev–Trinajstić information content (AvgIpc) is 2.79. The minimum Gasteiger partial charge on any atom is -0.267 e. The van der Waals surface area contributed by atoms with E-state index in [-0.39, 0.29) is 5.56 Å². The quantitative estimate of drug-likeness (QED) is 0.705. The number of aryl methyl sites for hydroxylation is 2. The molecule has 168 valence electrons. The minimum atomic E-state index is -3.57. The zero-order chi connectivity index (χ0) is 22.2. The van der Waals surface area contributed by atoms with Crippen molar-refractivity contribution in [3.05, 3.63) is 45.2 Å². The number of piperidine rings is 1. The summed E-state index contributed by atoms with van der Waals surface area (Å²) in [5.74, 6) is 0.564. The molecule has 0 N–H and O–H groups in total. The molecule has 1 fully saturated rings. The standard InChI is InChI=1S/C24H33N3O3S/c1-4-18-10-11-19(16-22(18)31(29,30)26-14-12-17(3)13-15-26)23-20-8-6-7-9-21(20)24(28)27(5-2)25-23/h10-11,16-17H,4-9,12-15H2,1-3H3. The molecule has 1 aliphatic heterocycles. The van der Waals surface area contributed by atoms with E-state index < -0.39 is 10.0 Å². The molecule has 4 rings (SSSR count). The number of hydrogen-bond donors (Lipinski definition) is 0. The van der Waals surface area contributed by atoms with Crippen LogP contribution in [0.15, 0.2) is 27.9 Å². The molecule has 0 spiro atoms. The van der Waals surface area contributed by atoms with E-state index in [1.54, 1.807) is 10.4 Å². The summed E-state index contributed by atoms with van der Waals surface area (Å²) in [6.45, 7) is 7.74. The van der Waals surface area contributed by atoms with Crippen molar-refractivity contribution >= 4 is 10.0 Å². The summed E-state index contributed by atoms with van der Waals surface area (Å²) in [4.78, 5) is 13.2. The molecule has 0 unspecified atom stereocenters. The van der Waals surface area contributed by atoms with Gasteiger partial charge < -0.3 is 0 Å². The van der Waals surface area contributed by atoms with Crippen molar-refractivity contribution in [2.24, 2.45) is 5.92 Å². The second kappa shape index (κ2) is 8.87. The summed E-state index contributed by atoms with van der Waals surface area (Å²) in [7, 11) is -3.57. The Morgan fingerprint density at radius 3 is 2.39 bits per heavy atom. The van der Waals surface area contributed by atoms with Gasteiger partial charge in [0.1, 0.15) is 0 Å². The van der Waals surface area contributed by atoms with Gasteiger partial charge in [-0.05, 0) is 75.0 Å². The molecule has 1 aromatic heterocycles. The summed E-state index contributed by atoms with van der Waals surface area (Å²) in [6.07, 6.45) is 6.08. The van der Waals surface area contributed by atoms with Crippen LogP contribution >= 0.6 is 0 Å². The highest BCUT2D eigenvalue weighted by Crippen LogP contribution is 2.33. The van der Waals surface area contributed by atoms with Gasteiger partial charge in [0.05, 0.1) is 10.6 Å². The number of benzene rings is 1. The van der Waals surface area contributed by atoms with Crippen LogP contribution in [0.5, 0.6) is 0 Å². The third kappa shape index (κ3) is 4.10. The molecular weight excluding hydrogens is 410 g/mol. The average molecular weight is 444 g/mol. The summed E-state index contributed by atoms with van der Waals surface area (Å²) in [5.41, 5.74) is 4.25. The van der Waals surface area contributed by atoms with E-state index in [0.29, 0.717) is 36.9 Å². The molecule has 2 heterocycles. The Kier molecular flexibility index (Phi) is 6.35. The largest absolute Gasteiger partial charge is 0.270 e. The highest BCUT2D eigenvalue weighted by atomic mass is 32.2. The summed E-state index contributed by atoms with van der Waals surface area (Å²) in [5, 5.41) is 4.67. The first-order valence-corrected chi connectivity index (χ1v) is 13.1. The van der Waals surface area contributed by atoms with Gasteiger partial charge in [0, 0.05) is 30.8 Å². The van der Waals surface area contributed by atoms with Crippen LogP contribution in [0.4, 0.5) is 0 Å². The maximum Gasteiger partial charge on any atom is 0.270 e. The SMILES string of the molecule is CCc1ccc(-c2nn(CC)c(=O)c3c2CCCC3)cc1S(=O)(=O)N1CCC(C)CC1. The van der Waals surface area contributed by atoms with Crippen molar-refractivity contribution < 1.29 is 8.42 Å². The van der Waals surface area contributed by atoms with Crippen LogP contribution in [0, 0.1) is 5.92 Å². The lowest BCUT2D eigenvalue weighted by Gasteiger charge is -2.30. The van der Waals surface area contributed by atoms with E-state index >= 15 is 0 Å². The van der Waals surface area contributed by atoms with Crippen molar-refractivity contribution in [2.45, 2.75) is 77.2 Å². The molecule has 6 nitrogen and oxygen atoms in total. The van der Waals surface area contributed by atoms with Crippen LogP contribution in [0.2, 0.25) is 0 Å². The number of sulfonamides is 1. The first-order chi connectivity index (χ1) is 14.9. The maximum atomic E-state index is 13.6. The number of fused-ring (bicyclic) bond motifs is 1. The molecule has 2 aromatic rings. The number of nitrogens with zero attached hydrogens (tertiary/aromatic N) is 3. The van der Waals surface area contributed by atoms with E-state index in [1.165, 1.54) is 4.68 Å². The van der Waals surface area contributed by atoms with Crippen molar-refractivity contribution in [1.82, 2.24) is 14.1 Å². The van der Waals surface area contributed by atoms with Gasteiger partial charge in [-0.3, -0.25) is 4.79 Å². The molecular formula is C24H33N3O3S. The van der Waals surface area contributed by atoms with Gasteiger partial charge in [-0.1, -0.05) is 26.0 Å². The first-order valence-electron chi connectivity index (χ1n) is 11.6. The summed E-state index contributed by atoms with van der Waals surface area (Å²) >= 11 is 0. The Labute approximate surface area is 185 Å². The summed E-state index contributed by atoms with van der Waals surface area (Å²) in [6, 6.07) is 5.69. The minimum absolute atomic E-state index is 0.00131. The van der Waals surface area contributed by atoms with Crippen LogP contribution in [0.25, 0.3) is 11.3 Å². The molecule has 0 amide bonds. The second-order valence-corrected chi connectivity index (χ2v) is 10.8. The Balaban J connectivity index is 1.85. The predicted octanol–water partition coefficient (Wildman–Crippen LogP) is 3.79. The topological polar surface area (TPSA) is 72.3 Å². The van der Waals surface area contributed by atoms with Gasteiger partial charge >= 0.3 is 0 Å². The Hall–Kier alpha value is -1.99. The fraction of sp³-hybridized carbons (Fsp3) is 0.583. The van der Waals surface area contributed by atoms with Crippen molar-refractivity contribution in [3.8, 4) is 11.3 Å². The molecule has 1 saturated heterocycles. The predicted molar refractivity (Wildman–Crippen MR) is 123 cm³/mol. The third-order valence-electron chi connectivity index (χ3n) is 6.85. The number of hydrogen-bond acceptors (Lipinski definition) is 4. The molecule has 0 bridgehead atoms. The van der Waals surface area contributed by atoms with E-state index in [9.17, 15) is 13.2 Å². The smallest absolute Gasteiger partial charge is 0.267 e. The molecule has 0 saturated carbocycles. The van der Waals surface area contributed by atoms with Gasteiger partial charge in [-0.25, -0.2) is 13.1 Å². The zero-order valence-corrected chi connectivity index (χ0v) is 19.7. The van der Waals surface area contributed by atoms with Crippen LogP contribution in [-0.4, -0.2) is 35.6 Å². The Morgan fingerprint density at radius 1 is 1.06 bits per heavy atom. The monoisotopic (exact) mass is 443 g/mol.